The van der Waals surface area contributed by atoms with Crippen LogP contribution in [0.3, 0.4) is 0 Å². The first kappa shape index (κ1) is 31.1. The van der Waals surface area contributed by atoms with Crippen LogP contribution >= 0.6 is 0 Å². The van der Waals surface area contributed by atoms with E-state index in [-0.39, 0.29) is 13.2 Å². The fraction of sp³-hybridized carbons (Fsp3) is 0.960. The smallest absolute Gasteiger partial charge is 0.428 e. The van der Waals surface area contributed by atoms with Crippen LogP contribution in [-0.2, 0) is 29.0 Å². The average molecular weight is 463 g/mol. The van der Waals surface area contributed by atoms with Crippen LogP contribution in [0.4, 0.5) is 4.79 Å². The van der Waals surface area contributed by atoms with Gasteiger partial charge in [0.2, 0.25) is 0 Å². The van der Waals surface area contributed by atoms with E-state index in [4.69, 9.17) is 29.0 Å². The van der Waals surface area contributed by atoms with E-state index < -0.39 is 29.6 Å². The van der Waals surface area contributed by atoms with E-state index >= 15 is 0 Å². The topological polar surface area (TPSA) is 72.5 Å². The zero-order valence-electron chi connectivity index (χ0n) is 22.0. The first-order valence-electron chi connectivity index (χ1n) is 12.4. The van der Waals surface area contributed by atoms with Gasteiger partial charge < -0.3 is 9.47 Å². The molecule has 0 bridgehead atoms. The molecule has 0 aromatic heterocycles. The van der Waals surface area contributed by atoms with Gasteiger partial charge in [0.15, 0.2) is 0 Å². The summed E-state index contributed by atoms with van der Waals surface area (Å²) in [6.07, 6.45) is 8.53. The number of carbonyl (C=O) groups excluding carboxylic acids is 1. The summed E-state index contributed by atoms with van der Waals surface area (Å²) in [4.78, 5) is 33.9. The summed E-state index contributed by atoms with van der Waals surface area (Å²) in [6.45, 7) is 16.1. The van der Waals surface area contributed by atoms with Gasteiger partial charge in [0.1, 0.15) is 25.4 Å². The van der Waals surface area contributed by atoms with Gasteiger partial charge in [-0.1, -0.05) is 52.4 Å². The molecule has 0 aromatic rings. The van der Waals surface area contributed by atoms with Crippen molar-refractivity contribution >= 4 is 6.16 Å². The minimum atomic E-state index is -0.704. The molecule has 2 unspecified atom stereocenters. The molecule has 0 radical (unpaired) electrons. The average Bonchev–Trinajstić information content (AvgIpc) is 2.66. The van der Waals surface area contributed by atoms with Crippen LogP contribution in [0.1, 0.15) is 120 Å². The molecule has 0 amide bonds. The van der Waals surface area contributed by atoms with Crippen LogP contribution < -0.4 is 0 Å². The zero-order valence-corrected chi connectivity index (χ0v) is 22.0. The highest BCUT2D eigenvalue weighted by molar-refractivity contribution is 5.60. The van der Waals surface area contributed by atoms with E-state index in [0.717, 1.165) is 51.4 Å². The van der Waals surface area contributed by atoms with E-state index in [1.165, 1.54) is 0 Å². The maximum absolute atomic E-state index is 12.5. The van der Waals surface area contributed by atoms with E-state index in [9.17, 15) is 4.79 Å². The standard InChI is InChI=1S/C25H50O7/c1-9-11-13-15-17-21(19-27-31-24(3,4)5)29-23(26)30-22(18-16-14-12-10-2)20-28-32-25(6,7)8/h21-22H,9-20H2,1-8H3. The van der Waals surface area contributed by atoms with E-state index in [0.29, 0.717) is 12.8 Å². The molecule has 0 spiro atoms. The van der Waals surface area contributed by atoms with Crippen molar-refractivity contribution in [3.8, 4) is 0 Å². The molecular formula is C25H50O7. The largest absolute Gasteiger partial charge is 0.508 e. The third-order valence-corrected chi connectivity index (χ3v) is 4.41. The zero-order chi connectivity index (χ0) is 24.5. The number of hydrogen-bond donors (Lipinski definition) is 0. The molecule has 0 rings (SSSR count). The minimum absolute atomic E-state index is 0.170. The second-order valence-electron chi connectivity index (χ2n) is 10.4. The lowest BCUT2D eigenvalue weighted by Crippen LogP contribution is -2.31. The lowest BCUT2D eigenvalue weighted by molar-refractivity contribution is -0.358. The first-order valence-corrected chi connectivity index (χ1v) is 12.4. The summed E-state index contributed by atoms with van der Waals surface area (Å²) >= 11 is 0. The van der Waals surface area contributed by atoms with Gasteiger partial charge in [-0.3, -0.25) is 0 Å². The quantitative estimate of drug-likeness (QED) is 0.0914. The normalized spacial score (nSPS) is 14.2. The number of rotatable bonds is 18. The molecule has 0 aromatic carbocycles. The summed E-state index contributed by atoms with van der Waals surface area (Å²) in [6, 6.07) is 0. The van der Waals surface area contributed by atoms with Crippen LogP contribution in [-0.4, -0.2) is 42.8 Å². The summed E-state index contributed by atoms with van der Waals surface area (Å²) in [7, 11) is 0. The van der Waals surface area contributed by atoms with Crippen molar-refractivity contribution in [2.45, 2.75) is 143 Å². The highest BCUT2D eigenvalue weighted by Gasteiger charge is 2.23. The Labute approximate surface area is 196 Å². The summed E-state index contributed by atoms with van der Waals surface area (Å²) in [5.74, 6) is 0. The molecule has 192 valence electrons. The molecule has 0 aliphatic carbocycles. The third kappa shape index (κ3) is 21.0. The Balaban J connectivity index is 4.73. The van der Waals surface area contributed by atoms with Crippen LogP contribution in [0.2, 0.25) is 0 Å². The summed E-state index contributed by atoms with van der Waals surface area (Å²) in [5.41, 5.74) is -0.859. The van der Waals surface area contributed by atoms with Crippen molar-refractivity contribution in [3.63, 3.8) is 0 Å². The Bertz CT molecular complexity index is 414. The molecule has 0 aliphatic rings. The molecule has 7 nitrogen and oxygen atoms in total. The van der Waals surface area contributed by atoms with Gasteiger partial charge in [-0.25, -0.2) is 24.3 Å². The van der Waals surface area contributed by atoms with E-state index in [1.807, 2.05) is 41.5 Å². The molecule has 0 fully saturated rings. The number of hydrogen-bond acceptors (Lipinski definition) is 7. The van der Waals surface area contributed by atoms with Crippen molar-refractivity contribution in [3.05, 3.63) is 0 Å². The molecule has 0 N–H and O–H groups in total. The monoisotopic (exact) mass is 462 g/mol. The SMILES string of the molecule is CCCCCCC(COOC(C)(C)C)OC(=O)OC(CCCCCC)COOC(C)(C)C. The van der Waals surface area contributed by atoms with Crippen LogP contribution in [0.15, 0.2) is 0 Å². The van der Waals surface area contributed by atoms with Gasteiger partial charge in [-0.2, -0.15) is 0 Å². The van der Waals surface area contributed by atoms with Gasteiger partial charge in [0.25, 0.3) is 0 Å². The van der Waals surface area contributed by atoms with Gasteiger partial charge in [0.05, 0.1) is 11.2 Å². The lowest BCUT2D eigenvalue weighted by Gasteiger charge is -2.24. The van der Waals surface area contributed by atoms with Crippen molar-refractivity contribution < 1.29 is 33.8 Å². The van der Waals surface area contributed by atoms with Gasteiger partial charge >= 0.3 is 6.16 Å². The molecular weight excluding hydrogens is 412 g/mol. The van der Waals surface area contributed by atoms with Gasteiger partial charge in [0, 0.05) is 0 Å². The number of ether oxygens (including phenoxy) is 2. The third-order valence-electron chi connectivity index (χ3n) is 4.41. The Morgan fingerprint density at radius 2 is 1.00 bits per heavy atom. The second kappa shape index (κ2) is 17.6. The number of carbonyl (C=O) groups is 1. The van der Waals surface area contributed by atoms with Crippen LogP contribution in [0.5, 0.6) is 0 Å². The Morgan fingerprint density at radius 1 is 0.625 bits per heavy atom. The fourth-order valence-corrected chi connectivity index (χ4v) is 2.82. The Hall–Kier alpha value is -0.890. The van der Waals surface area contributed by atoms with E-state index in [1.54, 1.807) is 0 Å². The summed E-state index contributed by atoms with van der Waals surface area (Å²) < 4.78 is 11.2. The van der Waals surface area contributed by atoms with E-state index in [2.05, 4.69) is 13.8 Å². The predicted octanol–water partition coefficient (Wildman–Crippen LogP) is 7.31. The predicted molar refractivity (Wildman–Crippen MR) is 126 cm³/mol. The molecule has 32 heavy (non-hydrogen) atoms. The second-order valence-corrected chi connectivity index (χ2v) is 10.4. The van der Waals surface area contributed by atoms with Crippen LogP contribution in [0.25, 0.3) is 0 Å². The van der Waals surface area contributed by atoms with Crippen molar-refractivity contribution in [2.75, 3.05) is 13.2 Å². The lowest BCUT2D eigenvalue weighted by atomic mass is 10.1. The minimum Gasteiger partial charge on any atom is -0.428 e. The molecule has 7 heteroatoms. The maximum atomic E-state index is 12.5. The van der Waals surface area contributed by atoms with Gasteiger partial charge in [-0.15, -0.1) is 0 Å². The highest BCUT2D eigenvalue weighted by Crippen LogP contribution is 2.16. The molecule has 0 heterocycles. The molecule has 0 aliphatic heterocycles. The van der Waals surface area contributed by atoms with Crippen LogP contribution in [0, 0.1) is 0 Å². The molecule has 0 saturated carbocycles. The van der Waals surface area contributed by atoms with Crippen molar-refractivity contribution in [2.24, 2.45) is 0 Å². The highest BCUT2D eigenvalue weighted by atomic mass is 17.2. The van der Waals surface area contributed by atoms with Gasteiger partial charge in [-0.05, 0) is 67.2 Å². The Kier molecular flexibility index (Phi) is 17.1. The number of unbranched alkanes of at least 4 members (excludes halogenated alkanes) is 6. The fourth-order valence-electron chi connectivity index (χ4n) is 2.82. The van der Waals surface area contributed by atoms with Crippen molar-refractivity contribution in [1.29, 1.82) is 0 Å². The van der Waals surface area contributed by atoms with Crippen molar-refractivity contribution in [1.82, 2.24) is 0 Å². The molecule has 0 saturated heterocycles. The molecule has 2 atom stereocenters. The first-order chi connectivity index (χ1) is 15.0. The summed E-state index contributed by atoms with van der Waals surface area (Å²) in [5, 5.41) is 0. The maximum Gasteiger partial charge on any atom is 0.508 e. The Morgan fingerprint density at radius 3 is 1.31 bits per heavy atom.